The van der Waals surface area contributed by atoms with Gasteiger partial charge in [-0.3, -0.25) is 0 Å². The lowest BCUT2D eigenvalue weighted by Crippen LogP contribution is -1.81. The zero-order valence-corrected chi connectivity index (χ0v) is 6.72. The number of hydrogen-bond acceptors (Lipinski definition) is 2. The largest absolute Gasteiger partial charge is 0.481 e. The van der Waals surface area contributed by atoms with Gasteiger partial charge in [0.15, 0.2) is 0 Å². The smallest absolute Gasteiger partial charge is 0.212 e. The second-order valence-corrected chi connectivity index (χ2v) is 1.88. The van der Waals surface area contributed by atoms with Gasteiger partial charge in [0.25, 0.3) is 0 Å². The van der Waals surface area contributed by atoms with E-state index < -0.39 is 0 Å². The lowest BCUT2D eigenvalue weighted by molar-refractivity contribution is 0.289. The molecule has 0 amide bonds. The molecule has 0 atom stereocenters. The van der Waals surface area contributed by atoms with Crippen LogP contribution in [0, 0.1) is 0 Å². The van der Waals surface area contributed by atoms with Crippen LogP contribution in [0.2, 0.25) is 0 Å². The third-order valence-electron chi connectivity index (χ3n) is 1.17. The van der Waals surface area contributed by atoms with E-state index >= 15 is 0 Å². The first-order valence-corrected chi connectivity index (χ1v) is 3.10. The van der Waals surface area contributed by atoms with E-state index in [1.165, 1.54) is 0 Å². The minimum Gasteiger partial charge on any atom is -0.481 e. The van der Waals surface area contributed by atoms with Crippen LogP contribution in [0.5, 0.6) is 0 Å². The van der Waals surface area contributed by atoms with Crippen molar-refractivity contribution in [1.29, 1.82) is 0 Å². The van der Waals surface area contributed by atoms with Crippen LogP contribution in [-0.4, -0.2) is 13.8 Å². The molecule has 0 saturated heterocycles. The molecule has 0 unspecified atom stereocenters. The average Bonchev–Trinajstić information content (AvgIpc) is 1.99. The number of allylic oxidation sites excluding steroid dienone is 3. The van der Waals surface area contributed by atoms with Crippen molar-refractivity contribution in [3.63, 3.8) is 0 Å². The Morgan fingerprint density at radius 1 is 1.60 bits per heavy atom. The number of hydrogen-bond donors (Lipinski definition) is 0. The summed E-state index contributed by atoms with van der Waals surface area (Å²) >= 11 is 0. The second-order valence-electron chi connectivity index (χ2n) is 1.88. The summed E-state index contributed by atoms with van der Waals surface area (Å²) in [5.41, 5.74) is 1.12. The van der Waals surface area contributed by atoms with Crippen molar-refractivity contribution in [3.8, 4) is 0 Å². The van der Waals surface area contributed by atoms with Gasteiger partial charge in [-0.25, -0.2) is 4.99 Å². The Hall–Kier alpha value is -1.05. The van der Waals surface area contributed by atoms with Crippen molar-refractivity contribution in [2.24, 2.45) is 4.99 Å². The predicted octanol–water partition coefficient (Wildman–Crippen LogP) is 2.14. The van der Waals surface area contributed by atoms with Crippen molar-refractivity contribution in [2.45, 2.75) is 13.8 Å². The lowest BCUT2D eigenvalue weighted by Gasteiger charge is -1.97. The first kappa shape index (κ1) is 8.95. The van der Waals surface area contributed by atoms with Crippen molar-refractivity contribution >= 4 is 6.72 Å². The van der Waals surface area contributed by atoms with Gasteiger partial charge in [-0.2, -0.15) is 0 Å². The third-order valence-corrected chi connectivity index (χ3v) is 1.17. The molecule has 0 aromatic heterocycles. The minimum atomic E-state index is 0.551. The summed E-state index contributed by atoms with van der Waals surface area (Å²) in [6.07, 6.45) is 3.80. The van der Waals surface area contributed by atoms with E-state index in [1.54, 1.807) is 7.11 Å². The van der Waals surface area contributed by atoms with Gasteiger partial charge < -0.3 is 4.74 Å². The standard InChI is InChI=1S/C8H13NO/c1-5-7(2)6-8(9-3)10-4/h5-6H,3H2,1-2,4H3/b7-5+,8-6+. The SMILES string of the molecule is C=N/C(=C\C(C)=C\C)OC. The summed E-state index contributed by atoms with van der Waals surface area (Å²) in [5.74, 6) is 0.551. The number of methoxy groups -OCH3 is 1. The van der Waals surface area contributed by atoms with Crippen LogP contribution in [0.15, 0.2) is 28.6 Å². The van der Waals surface area contributed by atoms with Crippen molar-refractivity contribution in [1.82, 2.24) is 0 Å². The molecule has 0 saturated carbocycles. The molecule has 0 aliphatic rings. The molecule has 0 spiro atoms. The van der Waals surface area contributed by atoms with Gasteiger partial charge >= 0.3 is 0 Å². The van der Waals surface area contributed by atoms with Gasteiger partial charge in [-0.15, -0.1) is 0 Å². The van der Waals surface area contributed by atoms with E-state index in [1.807, 2.05) is 26.0 Å². The highest BCUT2D eigenvalue weighted by molar-refractivity contribution is 5.29. The monoisotopic (exact) mass is 139 g/mol. The molecular formula is C8H13NO. The van der Waals surface area contributed by atoms with Gasteiger partial charge in [0, 0.05) is 6.08 Å². The molecule has 0 aromatic rings. The molecule has 2 nitrogen and oxygen atoms in total. The highest BCUT2D eigenvalue weighted by Crippen LogP contribution is 2.02. The molecule has 0 fully saturated rings. The van der Waals surface area contributed by atoms with Gasteiger partial charge in [0.05, 0.1) is 7.11 Å². The Morgan fingerprint density at radius 2 is 2.20 bits per heavy atom. The molecule has 2 heteroatoms. The zero-order valence-electron chi connectivity index (χ0n) is 6.72. The second kappa shape index (κ2) is 4.79. The molecule has 56 valence electrons. The van der Waals surface area contributed by atoms with E-state index in [0.29, 0.717) is 5.88 Å². The Labute approximate surface area is 61.9 Å². The maximum atomic E-state index is 4.86. The molecule has 0 heterocycles. The van der Waals surface area contributed by atoms with Crippen LogP contribution in [-0.2, 0) is 4.74 Å². The molecule has 0 rings (SSSR count). The minimum absolute atomic E-state index is 0.551. The summed E-state index contributed by atoms with van der Waals surface area (Å²) in [7, 11) is 1.57. The van der Waals surface area contributed by atoms with Crippen LogP contribution >= 0.6 is 0 Å². The van der Waals surface area contributed by atoms with Gasteiger partial charge in [0.2, 0.25) is 5.88 Å². The van der Waals surface area contributed by atoms with Crippen LogP contribution in [0.25, 0.3) is 0 Å². The van der Waals surface area contributed by atoms with Gasteiger partial charge in [-0.05, 0) is 20.6 Å². The number of aliphatic imine (C=N–C) groups is 1. The van der Waals surface area contributed by atoms with Crippen LogP contribution in [0.4, 0.5) is 0 Å². The summed E-state index contributed by atoms with van der Waals surface area (Å²) in [6.45, 7) is 7.29. The summed E-state index contributed by atoms with van der Waals surface area (Å²) in [4.78, 5) is 3.64. The molecule has 0 N–H and O–H groups in total. The molecule has 10 heavy (non-hydrogen) atoms. The lowest BCUT2D eigenvalue weighted by atomic mass is 10.3. The fourth-order valence-electron chi connectivity index (χ4n) is 0.447. The first-order valence-electron chi connectivity index (χ1n) is 3.10. The Kier molecular flexibility index (Phi) is 4.29. The van der Waals surface area contributed by atoms with Crippen molar-refractivity contribution < 1.29 is 4.74 Å². The molecule has 0 radical (unpaired) electrons. The zero-order chi connectivity index (χ0) is 7.98. The normalized spacial score (nSPS) is 13.1. The number of nitrogens with zero attached hydrogens (tertiary/aromatic N) is 1. The molecule has 0 aliphatic carbocycles. The summed E-state index contributed by atoms with van der Waals surface area (Å²) in [6, 6.07) is 0. The third kappa shape index (κ3) is 3.07. The maximum absolute atomic E-state index is 4.86. The van der Waals surface area contributed by atoms with Crippen molar-refractivity contribution in [3.05, 3.63) is 23.6 Å². The van der Waals surface area contributed by atoms with Crippen LogP contribution in [0.3, 0.4) is 0 Å². The predicted molar refractivity (Wildman–Crippen MR) is 44.1 cm³/mol. The fourth-order valence-corrected chi connectivity index (χ4v) is 0.447. The Morgan fingerprint density at radius 3 is 2.50 bits per heavy atom. The number of ether oxygens (including phenoxy) is 1. The van der Waals surface area contributed by atoms with Crippen LogP contribution < -0.4 is 0 Å². The van der Waals surface area contributed by atoms with Gasteiger partial charge in [-0.1, -0.05) is 11.6 Å². The topological polar surface area (TPSA) is 21.6 Å². The highest BCUT2D eigenvalue weighted by atomic mass is 16.5. The Bertz CT molecular complexity index is 168. The molecule has 0 aliphatic heterocycles. The van der Waals surface area contributed by atoms with E-state index in [9.17, 15) is 0 Å². The summed E-state index contributed by atoms with van der Waals surface area (Å²) in [5, 5.41) is 0. The average molecular weight is 139 g/mol. The molecular weight excluding hydrogens is 126 g/mol. The van der Waals surface area contributed by atoms with E-state index in [-0.39, 0.29) is 0 Å². The molecule has 0 bridgehead atoms. The fraction of sp³-hybridized carbons (Fsp3) is 0.375. The highest BCUT2D eigenvalue weighted by Gasteiger charge is 1.87. The summed E-state index contributed by atoms with van der Waals surface area (Å²) < 4.78 is 4.86. The van der Waals surface area contributed by atoms with Crippen molar-refractivity contribution in [2.75, 3.05) is 7.11 Å². The van der Waals surface area contributed by atoms with Gasteiger partial charge in [0.1, 0.15) is 0 Å². The van der Waals surface area contributed by atoms with E-state index in [0.717, 1.165) is 5.57 Å². The quantitative estimate of drug-likeness (QED) is 0.333. The van der Waals surface area contributed by atoms with Crippen LogP contribution in [0.1, 0.15) is 13.8 Å². The molecule has 0 aromatic carbocycles. The Balaban J connectivity index is 4.24. The number of rotatable bonds is 3. The van der Waals surface area contributed by atoms with E-state index in [4.69, 9.17) is 4.74 Å². The maximum Gasteiger partial charge on any atom is 0.212 e. The van der Waals surface area contributed by atoms with E-state index in [2.05, 4.69) is 11.7 Å². The first-order chi connectivity index (χ1) is 4.74.